The molecule has 1 aliphatic heterocycles. The zero-order valence-electron chi connectivity index (χ0n) is 16.8. The molecule has 2 aliphatic rings. The Hall–Kier alpha value is -2.92. The first-order valence-corrected chi connectivity index (χ1v) is 11.1. The molecule has 160 valence electrons. The second kappa shape index (κ2) is 7.40. The molecular weight excluding hydrogens is 408 g/mol. The Labute approximate surface area is 174 Å². The first-order valence-electron chi connectivity index (χ1n) is 9.67. The highest BCUT2D eigenvalue weighted by Gasteiger charge is 2.42. The number of pyridine rings is 2. The van der Waals surface area contributed by atoms with E-state index in [1.54, 1.807) is 26.0 Å². The van der Waals surface area contributed by atoms with Gasteiger partial charge in [0.15, 0.2) is 0 Å². The molecule has 0 unspecified atom stereocenters. The predicted molar refractivity (Wildman–Crippen MR) is 111 cm³/mol. The number of anilines is 2. The fourth-order valence-electron chi connectivity index (χ4n) is 3.55. The third-order valence-corrected chi connectivity index (χ3v) is 7.34. The SMILES string of the molecule is Cc1nc(N)ccc1CNC(=O)Cn1c(C)cc2c(c1=O)NCN(C1CC1)S2(=O)=O. The van der Waals surface area contributed by atoms with Crippen LogP contribution in [-0.2, 0) is 27.9 Å². The molecular formula is C19H24N6O4S. The van der Waals surface area contributed by atoms with Crippen LogP contribution in [0.3, 0.4) is 0 Å². The molecule has 0 bridgehead atoms. The number of aromatic nitrogens is 2. The molecule has 2 aromatic heterocycles. The maximum Gasteiger partial charge on any atom is 0.276 e. The van der Waals surface area contributed by atoms with Gasteiger partial charge in [-0.1, -0.05) is 6.07 Å². The number of hydrogen-bond donors (Lipinski definition) is 3. The quantitative estimate of drug-likeness (QED) is 0.617. The van der Waals surface area contributed by atoms with E-state index >= 15 is 0 Å². The maximum absolute atomic E-state index is 12.9. The Bertz CT molecular complexity index is 1190. The summed E-state index contributed by atoms with van der Waals surface area (Å²) in [6.07, 6.45) is 1.66. The van der Waals surface area contributed by atoms with Crippen molar-refractivity contribution in [3.63, 3.8) is 0 Å². The lowest BCUT2D eigenvalue weighted by molar-refractivity contribution is -0.121. The number of sulfonamides is 1. The van der Waals surface area contributed by atoms with E-state index in [0.717, 1.165) is 18.4 Å². The molecule has 0 saturated heterocycles. The van der Waals surface area contributed by atoms with Gasteiger partial charge in [-0.25, -0.2) is 13.4 Å². The molecule has 0 radical (unpaired) electrons. The fourth-order valence-corrected chi connectivity index (χ4v) is 5.38. The molecule has 0 aromatic carbocycles. The average Bonchev–Trinajstić information content (AvgIpc) is 3.50. The fraction of sp³-hybridized carbons (Fsp3) is 0.421. The summed E-state index contributed by atoms with van der Waals surface area (Å²) in [5.74, 6) is 0.0381. The standard InChI is InChI=1S/C19H24N6O4S/c1-11-7-15-18(22-10-25(14-4-5-14)30(15,28)29)19(27)24(11)9-17(26)21-8-13-3-6-16(20)23-12(13)2/h3,6-7,14,22H,4-5,8-10H2,1-2H3,(H2,20,23)(H,21,26). The van der Waals surface area contributed by atoms with Gasteiger partial charge in [-0.05, 0) is 44.4 Å². The van der Waals surface area contributed by atoms with Crippen molar-refractivity contribution >= 4 is 27.4 Å². The highest BCUT2D eigenvalue weighted by Crippen LogP contribution is 2.36. The number of fused-ring (bicyclic) bond motifs is 1. The van der Waals surface area contributed by atoms with E-state index in [0.29, 0.717) is 17.2 Å². The molecule has 11 heteroatoms. The number of amides is 1. The van der Waals surface area contributed by atoms with E-state index < -0.39 is 15.6 Å². The van der Waals surface area contributed by atoms with Crippen LogP contribution in [-0.4, -0.2) is 40.9 Å². The van der Waals surface area contributed by atoms with Crippen LogP contribution >= 0.6 is 0 Å². The van der Waals surface area contributed by atoms with Gasteiger partial charge in [-0.15, -0.1) is 0 Å². The summed E-state index contributed by atoms with van der Waals surface area (Å²) in [6, 6.07) is 4.89. The largest absolute Gasteiger partial charge is 0.384 e. The summed E-state index contributed by atoms with van der Waals surface area (Å²) >= 11 is 0. The molecule has 1 amide bonds. The number of nitrogen functional groups attached to an aromatic ring is 1. The third-order valence-electron chi connectivity index (χ3n) is 5.42. The number of hydrogen-bond acceptors (Lipinski definition) is 7. The van der Waals surface area contributed by atoms with Crippen LogP contribution in [0.4, 0.5) is 11.5 Å². The molecule has 4 N–H and O–H groups in total. The molecule has 4 rings (SSSR count). The summed E-state index contributed by atoms with van der Waals surface area (Å²) in [5.41, 5.74) is 7.07. The Balaban J connectivity index is 1.54. The van der Waals surface area contributed by atoms with Crippen molar-refractivity contribution in [3.8, 4) is 0 Å². The number of nitrogens with two attached hydrogens (primary N) is 1. The van der Waals surface area contributed by atoms with Crippen LogP contribution in [0.15, 0.2) is 27.9 Å². The van der Waals surface area contributed by atoms with Crippen LogP contribution in [0.25, 0.3) is 0 Å². The molecule has 1 saturated carbocycles. The normalized spacial score (nSPS) is 17.8. The smallest absolute Gasteiger partial charge is 0.276 e. The van der Waals surface area contributed by atoms with Gasteiger partial charge in [0.25, 0.3) is 5.56 Å². The van der Waals surface area contributed by atoms with E-state index in [9.17, 15) is 18.0 Å². The first kappa shape index (κ1) is 20.4. The zero-order valence-corrected chi connectivity index (χ0v) is 17.6. The van der Waals surface area contributed by atoms with Gasteiger partial charge in [0.1, 0.15) is 22.9 Å². The second-order valence-corrected chi connectivity index (χ2v) is 9.49. The molecule has 0 spiro atoms. The lowest BCUT2D eigenvalue weighted by atomic mass is 10.2. The number of nitrogens with zero attached hydrogens (tertiary/aromatic N) is 3. The van der Waals surface area contributed by atoms with Gasteiger partial charge >= 0.3 is 0 Å². The summed E-state index contributed by atoms with van der Waals surface area (Å²) in [5, 5.41) is 5.69. The molecule has 10 nitrogen and oxygen atoms in total. The highest BCUT2D eigenvalue weighted by atomic mass is 32.2. The van der Waals surface area contributed by atoms with Crippen LogP contribution in [0.1, 0.15) is 29.8 Å². The van der Waals surface area contributed by atoms with Gasteiger partial charge in [-0.2, -0.15) is 4.31 Å². The van der Waals surface area contributed by atoms with Crippen LogP contribution < -0.4 is 21.9 Å². The monoisotopic (exact) mass is 432 g/mol. The van der Waals surface area contributed by atoms with Crippen LogP contribution in [0.5, 0.6) is 0 Å². The highest BCUT2D eigenvalue weighted by molar-refractivity contribution is 7.89. The minimum atomic E-state index is -3.72. The third kappa shape index (κ3) is 3.65. The zero-order chi connectivity index (χ0) is 21.6. The Morgan fingerprint density at radius 2 is 2.07 bits per heavy atom. The summed E-state index contributed by atoms with van der Waals surface area (Å²) < 4.78 is 28.4. The van der Waals surface area contributed by atoms with Crippen molar-refractivity contribution in [2.75, 3.05) is 17.7 Å². The van der Waals surface area contributed by atoms with Crippen molar-refractivity contribution in [1.82, 2.24) is 19.2 Å². The van der Waals surface area contributed by atoms with Gasteiger partial charge in [0, 0.05) is 24.0 Å². The van der Waals surface area contributed by atoms with Crippen molar-refractivity contribution in [1.29, 1.82) is 0 Å². The minimum absolute atomic E-state index is 0.00421. The van der Waals surface area contributed by atoms with E-state index in [1.807, 2.05) is 0 Å². The molecule has 1 fully saturated rings. The van der Waals surface area contributed by atoms with Crippen molar-refractivity contribution in [3.05, 3.63) is 45.5 Å². The van der Waals surface area contributed by atoms with Crippen molar-refractivity contribution in [2.24, 2.45) is 0 Å². The lowest BCUT2D eigenvalue weighted by Gasteiger charge is -2.29. The van der Waals surface area contributed by atoms with Crippen molar-refractivity contribution < 1.29 is 13.2 Å². The van der Waals surface area contributed by atoms with Gasteiger partial charge in [-0.3, -0.25) is 9.59 Å². The first-order chi connectivity index (χ1) is 14.2. The Morgan fingerprint density at radius 3 is 2.73 bits per heavy atom. The van der Waals surface area contributed by atoms with E-state index in [4.69, 9.17) is 5.73 Å². The van der Waals surface area contributed by atoms with Gasteiger partial charge in [0.2, 0.25) is 15.9 Å². The summed E-state index contributed by atoms with van der Waals surface area (Å²) in [6.45, 7) is 3.52. The molecule has 2 aromatic rings. The lowest BCUT2D eigenvalue weighted by Crippen LogP contribution is -2.44. The Kier molecular flexibility index (Phi) is 5.02. The summed E-state index contributed by atoms with van der Waals surface area (Å²) in [4.78, 5) is 29.5. The molecule has 0 atom stereocenters. The minimum Gasteiger partial charge on any atom is -0.384 e. The van der Waals surface area contributed by atoms with Gasteiger partial charge in [0.05, 0.1) is 6.67 Å². The van der Waals surface area contributed by atoms with E-state index in [2.05, 4.69) is 15.6 Å². The molecule has 3 heterocycles. The number of nitrogens with one attached hydrogen (secondary N) is 2. The summed E-state index contributed by atoms with van der Waals surface area (Å²) in [7, 11) is -3.72. The van der Waals surface area contributed by atoms with Crippen molar-refractivity contribution in [2.45, 2.75) is 50.7 Å². The topological polar surface area (TPSA) is 139 Å². The number of rotatable bonds is 5. The maximum atomic E-state index is 12.9. The molecule has 1 aliphatic carbocycles. The number of carbonyl (C=O) groups excluding carboxylic acids is 1. The molecule has 30 heavy (non-hydrogen) atoms. The van der Waals surface area contributed by atoms with E-state index in [-0.39, 0.29) is 42.3 Å². The second-order valence-electron chi connectivity index (χ2n) is 7.63. The van der Waals surface area contributed by atoms with Crippen LogP contribution in [0.2, 0.25) is 0 Å². The van der Waals surface area contributed by atoms with Crippen LogP contribution in [0, 0.1) is 13.8 Å². The number of aryl methyl sites for hydroxylation is 2. The van der Waals surface area contributed by atoms with Gasteiger partial charge < -0.3 is 20.9 Å². The van der Waals surface area contributed by atoms with E-state index in [1.165, 1.54) is 14.9 Å². The predicted octanol–water partition coefficient (Wildman–Crippen LogP) is 0.295. The number of carbonyl (C=O) groups is 1. The Morgan fingerprint density at radius 1 is 1.33 bits per heavy atom. The average molecular weight is 433 g/mol.